The van der Waals surface area contributed by atoms with Crippen LogP contribution in [-0.4, -0.2) is 10.4 Å². The molecule has 0 aromatic heterocycles. The lowest BCUT2D eigenvalue weighted by Crippen LogP contribution is -1.88. The van der Waals surface area contributed by atoms with Gasteiger partial charge in [-0.05, 0) is 31.9 Å². The van der Waals surface area contributed by atoms with Crippen LogP contribution in [0.15, 0.2) is 33.6 Å². The van der Waals surface area contributed by atoms with Gasteiger partial charge in [0.1, 0.15) is 0 Å². The minimum atomic E-state index is -1.23. The Morgan fingerprint density at radius 1 is 1.00 bits per heavy atom. The zero-order valence-corrected chi connectivity index (χ0v) is 13.6. The first-order valence-electron chi connectivity index (χ1n) is 7.75. The molecule has 2 nitrogen and oxygen atoms in total. The lowest BCUT2D eigenvalue weighted by atomic mass is 10.1. The standard InChI is InChI=1S/C17H27NOS/c1-3-4-5-6-7-8-9-10-15-18-20(19)17-13-11-16(2)12-14-17/h11-15H,3-10H2,1-2H3/b18-15+. The van der Waals surface area contributed by atoms with Gasteiger partial charge in [-0.25, -0.2) is 4.21 Å². The van der Waals surface area contributed by atoms with Crippen molar-refractivity contribution in [3.63, 3.8) is 0 Å². The van der Waals surface area contributed by atoms with Gasteiger partial charge in [-0.2, -0.15) is 4.40 Å². The van der Waals surface area contributed by atoms with Crippen molar-refractivity contribution in [2.75, 3.05) is 0 Å². The van der Waals surface area contributed by atoms with Crippen LogP contribution in [-0.2, 0) is 11.0 Å². The van der Waals surface area contributed by atoms with Gasteiger partial charge in [0.25, 0.3) is 0 Å². The van der Waals surface area contributed by atoms with Crippen LogP contribution in [0.3, 0.4) is 0 Å². The van der Waals surface area contributed by atoms with Crippen molar-refractivity contribution in [3.05, 3.63) is 29.8 Å². The number of hydrogen-bond acceptors (Lipinski definition) is 1. The van der Waals surface area contributed by atoms with Crippen molar-refractivity contribution in [1.82, 2.24) is 0 Å². The maximum absolute atomic E-state index is 11.9. The number of aryl methyl sites for hydroxylation is 1. The summed E-state index contributed by atoms with van der Waals surface area (Å²) in [5.41, 5.74) is 1.18. The van der Waals surface area contributed by atoms with E-state index in [2.05, 4.69) is 11.3 Å². The second kappa shape index (κ2) is 10.8. The van der Waals surface area contributed by atoms with E-state index in [1.807, 2.05) is 37.4 Å². The van der Waals surface area contributed by atoms with E-state index in [4.69, 9.17) is 0 Å². The fourth-order valence-corrected chi connectivity index (χ4v) is 2.76. The molecule has 0 saturated heterocycles. The summed E-state index contributed by atoms with van der Waals surface area (Å²) in [7, 11) is -1.23. The van der Waals surface area contributed by atoms with Crippen LogP contribution in [0, 0.1) is 6.92 Å². The smallest absolute Gasteiger partial charge is 0.172 e. The van der Waals surface area contributed by atoms with Crippen molar-refractivity contribution in [2.45, 2.75) is 70.1 Å². The van der Waals surface area contributed by atoms with Crippen molar-refractivity contribution >= 4 is 17.2 Å². The molecular weight excluding hydrogens is 266 g/mol. The number of rotatable bonds is 10. The molecule has 0 heterocycles. The van der Waals surface area contributed by atoms with E-state index >= 15 is 0 Å². The van der Waals surface area contributed by atoms with Crippen molar-refractivity contribution in [2.24, 2.45) is 4.40 Å². The van der Waals surface area contributed by atoms with Gasteiger partial charge in [0.05, 0.1) is 4.90 Å². The maximum Gasteiger partial charge on any atom is 0.172 e. The normalized spacial score (nSPS) is 12.9. The summed E-state index contributed by atoms with van der Waals surface area (Å²) in [4.78, 5) is 0.784. The second-order valence-corrected chi connectivity index (χ2v) is 6.44. The third kappa shape index (κ3) is 7.59. The van der Waals surface area contributed by atoms with Crippen LogP contribution >= 0.6 is 0 Å². The van der Waals surface area contributed by atoms with Gasteiger partial charge in [0, 0.05) is 6.21 Å². The molecule has 1 rings (SSSR count). The average Bonchev–Trinajstić information content (AvgIpc) is 2.46. The molecule has 0 bridgehead atoms. The fraction of sp³-hybridized carbons (Fsp3) is 0.588. The molecule has 0 fully saturated rings. The van der Waals surface area contributed by atoms with Crippen LogP contribution in [0.25, 0.3) is 0 Å². The van der Waals surface area contributed by atoms with E-state index < -0.39 is 11.0 Å². The monoisotopic (exact) mass is 293 g/mol. The third-order valence-electron chi connectivity index (χ3n) is 3.33. The molecule has 1 atom stereocenters. The predicted octanol–water partition coefficient (Wildman–Crippen LogP) is 5.23. The first-order valence-corrected chi connectivity index (χ1v) is 8.86. The minimum absolute atomic E-state index is 0.784. The van der Waals surface area contributed by atoms with Gasteiger partial charge in [-0.15, -0.1) is 0 Å². The summed E-state index contributed by atoms with van der Waals surface area (Å²) in [5.74, 6) is 0. The summed E-state index contributed by atoms with van der Waals surface area (Å²) >= 11 is 0. The topological polar surface area (TPSA) is 29.4 Å². The Morgan fingerprint density at radius 3 is 2.25 bits per heavy atom. The molecular formula is C17H27NOS. The first kappa shape index (κ1) is 17.1. The van der Waals surface area contributed by atoms with Crippen LogP contribution in [0.4, 0.5) is 0 Å². The fourth-order valence-electron chi connectivity index (χ4n) is 2.03. The van der Waals surface area contributed by atoms with Gasteiger partial charge in [-0.3, -0.25) is 0 Å². The van der Waals surface area contributed by atoms with E-state index in [1.165, 1.54) is 44.1 Å². The van der Waals surface area contributed by atoms with Gasteiger partial charge in [0.15, 0.2) is 11.0 Å². The highest BCUT2D eigenvalue weighted by atomic mass is 32.2. The Hall–Kier alpha value is -0.960. The third-order valence-corrected chi connectivity index (χ3v) is 4.35. The van der Waals surface area contributed by atoms with Crippen LogP contribution in [0.5, 0.6) is 0 Å². The minimum Gasteiger partial charge on any atom is -0.230 e. The largest absolute Gasteiger partial charge is 0.230 e. The van der Waals surface area contributed by atoms with Gasteiger partial charge in [-0.1, -0.05) is 63.1 Å². The summed E-state index contributed by atoms with van der Waals surface area (Å²) in [5, 5.41) is 0. The molecule has 0 N–H and O–H groups in total. The van der Waals surface area contributed by atoms with Gasteiger partial charge in [0.2, 0.25) is 0 Å². The molecule has 0 spiro atoms. The molecule has 3 heteroatoms. The molecule has 20 heavy (non-hydrogen) atoms. The highest BCUT2D eigenvalue weighted by molar-refractivity contribution is 7.83. The SMILES string of the molecule is CCCCCCCCC/C=N/S(=O)c1ccc(C)cc1. The Morgan fingerprint density at radius 2 is 1.60 bits per heavy atom. The zero-order chi connectivity index (χ0) is 14.6. The van der Waals surface area contributed by atoms with Crippen LogP contribution < -0.4 is 0 Å². The first-order chi connectivity index (χ1) is 9.74. The van der Waals surface area contributed by atoms with Crippen LogP contribution in [0.1, 0.15) is 63.9 Å². The highest BCUT2D eigenvalue weighted by Crippen LogP contribution is 2.10. The van der Waals surface area contributed by atoms with E-state index in [9.17, 15) is 4.21 Å². The predicted molar refractivity (Wildman–Crippen MR) is 88.7 cm³/mol. The molecule has 0 aliphatic carbocycles. The lowest BCUT2D eigenvalue weighted by Gasteiger charge is -1.99. The van der Waals surface area contributed by atoms with Crippen molar-refractivity contribution in [1.29, 1.82) is 0 Å². The molecule has 0 radical (unpaired) electrons. The molecule has 112 valence electrons. The maximum atomic E-state index is 11.9. The summed E-state index contributed by atoms with van der Waals surface area (Å²) < 4.78 is 16.0. The number of nitrogens with zero attached hydrogens (tertiary/aromatic N) is 1. The highest BCUT2D eigenvalue weighted by Gasteiger charge is 1.99. The molecule has 1 aromatic carbocycles. The Balaban J connectivity index is 2.12. The molecule has 0 aliphatic rings. The molecule has 1 aromatic rings. The molecule has 0 aliphatic heterocycles. The Labute approximate surface area is 126 Å². The van der Waals surface area contributed by atoms with E-state index in [0.717, 1.165) is 17.7 Å². The Kier molecular flexibility index (Phi) is 9.22. The van der Waals surface area contributed by atoms with Gasteiger partial charge >= 0.3 is 0 Å². The number of benzene rings is 1. The number of hydrogen-bond donors (Lipinski definition) is 0. The quantitative estimate of drug-likeness (QED) is 0.429. The van der Waals surface area contributed by atoms with Gasteiger partial charge < -0.3 is 0 Å². The number of unbranched alkanes of at least 4 members (excludes halogenated alkanes) is 7. The van der Waals surface area contributed by atoms with E-state index in [-0.39, 0.29) is 0 Å². The summed E-state index contributed by atoms with van der Waals surface area (Å²) in [6.45, 7) is 4.26. The van der Waals surface area contributed by atoms with Crippen molar-refractivity contribution < 1.29 is 4.21 Å². The Bertz CT molecular complexity index is 412. The molecule has 1 unspecified atom stereocenters. The zero-order valence-electron chi connectivity index (χ0n) is 12.8. The van der Waals surface area contributed by atoms with Crippen LogP contribution in [0.2, 0.25) is 0 Å². The van der Waals surface area contributed by atoms with Crippen molar-refractivity contribution in [3.8, 4) is 0 Å². The summed E-state index contributed by atoms with van der Waals surface area (Å²) in [6, 6.07) is 7.71. The molecule has 0 saturated carbocycles. The van der Waals surface area contributed by atoms with E-state index in [0.29, 0.717) is 0 Å². The van der Waals surface area contributed by atoms with E-state index in [1.54, 1.807) is 0 Å². The molecule has 0 amide bonds. The summed E-state index contributed by atoms with van der Waals surface area (Å²) in [6.07, 6.45) is 11.9. The average molecular weight is 293 g/mol. The second-order valence-electron chi connectivity index (χ2n) is 5.26. The lowest BCUT2D eigenvalue weighted by molar-refractivity contribution is 0.596.